The van der Waals surface area contributed by atoms with Crippen LogP contribution in [-0.2, 0) is 0 Å². The van der Waals surface area contributed by atoms with Crippen LogP contribution in [0.15, 0.2) is 30.6 Å². The Morgan fingerprint density at radius 2 is 1.83 bits per heavy atom. The topological polar surface area (TPSA) is 58.1 Å². The largest absolute Gasteiger partial charge is 0.337 e. The van der Waals surface area contributed by atoms with Gasteiger partial charge in [-0.3, -0.25) is 4.79 Å². The van der Waals surface area contributed by atoms with Crippen molar-refractivity contribution >= 4 is 40.6 Å². The zero-order valence-electron chi connectivity index (χ0n) is 13.3. The van der Waals surface area contributed by atoms with Crippen molar-refractivity contribution in [3.8, 4) is 0 Å². The SMILES string of the molecule is CC1CCN(C(=O)c2cnc(Nc3c(Cl)cccc3Cl)cn2)CC1. The molecule has 0 saturated carbocycles. The number of hydrogen-bond acceptors (Lipinski definition) is 4. The molecule has 24 heavy (non-hydrogen) atoms. The number of carbonyl (C=O) groups is 1. The first-order chi connectivity index (χ1) is 11.5. The molecule has 3 rings (SSSR count). The Labute approximate surface area is 151 Å². The minimum atomic E-state index is -0.0725. The first kappa shape index (κ1) is 17.0. The number of nitrogens with zero attached hydrogens (tertiary/aromatic N) is 3. The van der Waals surface area contributed by atoms with Crippen molar-refractivity contribution in [2.24, 2.45) is 5.92 Å². The summed E-state index contributed by atoms with van der Waals surface area (Å²) in [7, 11) is 0. The smallest absolute Gasteiger partial charge is 0.274 e. The van der Waals surface area contributed by atoms with E-state index in [4.69, 9.17) is 23.2 Å². The second kappa shape index (κ2) is 7.36. The molecule has 1 aromatic carbocycles. The van der Waals surface area contributed by atoms with Gasteiger partial charge in [0.2, 0.25) is 0 Å². The van der Waals surface area contributed by atoms with E-state index in [9.17, 15) is 4.79 Å². The maximum absolute atomic E-state index is 12.4. The van der Waals surface area contributed by atoms with Gasteiger partial charge in [0.05, 0.1) is 28.1 Å². The molecule has 2 heterocycles. The molecule has 0 aliphatic carbocycles. The lowest BCUT2D eigenvalue weighted by atomic mass is 9.99. The molecule has 1 aliphatic rings. The summed E-state index contributed by atoms with van der Waals surface area (Å²) in [6.45, 7) is 3.76. The Morgan fingerprint density at radius 3 is 2.42 bits per heavy atom. The number of piperidine rings is 1. The molecule has 1 aliphatic heterocycles. The van der Waals surface area contributed by atoms with E-state index in [1.807, 2.05) is 4.90 Å². The molecular formula is C17H18Cl2N4O. The molecule has 2 aromatic rings. The highest BCUT2D eigenvalue weighted by Crippen LogP contribution is 2.31. The van der Waals surface area contributed by atoms with Crippen molar-refractivity contribution in [2.45, 2.75) is 19.8 Å². The zero-order chi connectivity index (χ0) is 17.1. The summed E-state index contributed by atoms with van der Waals surface area (Å²) in [4.78, 5) is 22.8. The van der Waals surface area contributed by atoms with Gasteiger partial charge in [-0.1, -0.05) is 36.2 Å². The fraction of sp³-hybridized carbons (Fsp3) is 0.353. The second-order valence-electron chi connectivity index (χ2n) is 5.98. The summed E-state index contributed by atoms with van der Waals surface area (Å²) in [6, 6.07) is 5.24. The number of amides is 1. The fourth-order valence-corrected chi connectivity index (χ4v) is 3.11. The average molecular weight is 365 g/mol. The van der Waals surface area contributed by atoms with Crippen LogP contribution in [0.2, 0.25) is 10.0 Å². The third-order valence-corrected chi connectivity index (χ3v) is 4.79. The molecule has 7 heteroatoms. The predicted molar refractivity (Wildman–Crippen MR) is 96.1 cm³/mol. The van der Waals surface area contributed by atoms with E-state index in [2.05, 4.69) is 22.2 Å². The van der Waals surface area contributed by atoms with Gasteiger partial charge in [0.15, 0.2) is 0 Å². The molecule has 5 nitrogen and oxygen atoms in total. The van der Waals surface area contributed by atoms with Crippen LogP contribution in [0.4, 0.5) is 11.5 Å². The van der Waals surface area contributed by atoms with Gasteiger partial charge in [0.1, 0.15) is 11.5 Å². The lowest BCUT2D eigenvalue weighted by Gasteiger charge is -2.29. The van der Waals surface area contributed by atoms with E-state index in [1.165, 1.54) is 12.4 Å². The number of carbonyl (C=O) groups excluding carboxylic acids is 1. The minimum absolute atomic E-state index is 0.0725. The van der Waals surface area contributed by atoms with E-state index < -0.39 is 0 Å². The third-order valence-electron chi connectivity index (χ3n) is 4.16. The maximum atomic E-state index is 12.4. The Kier molecular flexibility index (Phi) is 5.21. The summed E-state index contributed by atoms with van der Waals surface area (Å²) in [5, 5.41) is 4.01. The van der Waals surface area contributed by atoms with Gasteiger partial charge < -0.3 is 10.2 Å². The van der Waals surface area contributed by atoms with Crippen LogP contribution in [0, 0.1) is 5.92 Å². The van der Waals surface area contributed by atoms with Crippen LogP contribution < -0.4 is 5.32 Å². The number of nitrogens with one attached hydrogen (secondary N) is 1. The molecule has 0 radical (unpaired) electrons. The van der Waals surface area contributed by atoms with Crippen LogP contribution in [0.5, 0.6) is 0 Å². The number of halogens is 2. The van der Waals surface area contributed by atoms with Gasteiger partial charge >= 0.3 is 0 Å². The van der Waals surface area contributed by atoms with Crippen molar-refractivity contribution in [2.75, 3.05) is 18.4 Å². The monoisotopic (exact) mass is 364 g/mol. The van der Waals surface area contributed by atoms with Gasteiger partial charge in [-0.25, -0.2) is 9.97 Å². The van der Waals surface area contributed by atoms with Crippen LogP contribution in [0.25, 0.3) is 0 Å². The number of hydrogen-bond donors (Lipinski definition) is 1. The Hall–Kier alpha value is -1.85. The standard InChI is InChI=1S/C17H18Cl2N4O/c1-11-5-7-23(8-6-11)17(24)14-9-21-15(10-20-14)22-16-12(18)3-2-4-13(16)19/h2-4,9-11H,5-8H2,1H3,(H,21,22). The Balaban J connectivity index is 1.70. The molecule has 0 atom stereocenters. The number of anilines is 2. The van der Waals surface area contributed by atoms with Crippen LogP contribution >= 0.6 is 23.2 Å². The normalized spacial score (nSPS) is 15.4. The summed E-state index contributed by atoms with van der Waals surface area (Å²) < 4.78 is 0. The lowest BCUT2D eigenvalue weighted by molar-refractivity contribution is 0.0691. The van der Waals surface area contributed by atoms with Crippen LogP contribution in [0.3, 0.4) is 0 Å². The van der Waals surface area contributed by atoms with Gasteiger partial charge in [-0.15, -0.1) is 0 Å². The number of likely N-dealkylation sites (tertiary alicyclic amines) is 1. The van der Waals surface area contributed by atoms with Crippen molar-refractivity contribution in [1.82, 2.24) is 14.9 Å². The highest BCUT2D eigenvalue weighted by Gasteiger charge is 2.22. The highest BCUT2D eigenvalue weighted by atomic mass is 35.5. The number of aromatic nitrogens is 2. The van der Waals surface area contributed by atoms with Gasteiger partial charge in [0, 0.05) is 13.1 Å². The predicted octanol–water partition coefficient (Wildman–Crippen LogP) is 4.40. The summed E-state index contributed by atoms with van der Waals surface area (Å²) in [6.07, 6.45) is 5.06. The van der Waals surface area contributed by atoms with E-state index >= 15 is 0 Å². The molecule has 1 fully saturated rings. The summed E-state index contributed by atoms with van der Waals surface area (Å²) >= 11 is 12.2. The summed E-state index contributed by atoms with van der Waals surface area (Å²) in [5.41, 5.74) is 0.916. The van der Waals surface area contributed by atoms with Gasteiger partial charge in [0.25, 0.3) is 5.91 Å². The molecule has 0 unspecified atom stereocenters. The number of rotatable bonds is 3. The van der Waals surface area contributed by atoms with Crippen molar-refractivity contribution in [3.63, 3.8) is 0 Å². The second-order valence-corrected chi connectivity index (χ2v) is 6.80. The van der Waals surface area contributed by atoms with E-state index in [0.717, 1.165) is 25.9 Å². The Bertz CT molecular complexity index is 708. The highest BCUT2D eigenvalue weighted by molar-refractivity contribution is 6.39. The zero-order valence-corrected chi connectivity index (χ0v) is 14.8. The molecule has 1 aromatic heterocycles. The molecule has 1 N–H and O–H groups in total. The summed E-state index contributed by atoms with van der Waals surface area (Å²) in [5.74, 6) is 1.08. The average Bonchev–Trinajstić information content (AvgIpc) is 2.59. The van der Waals surface area contributed by atoms with E-state index in [0.29, 0.717) is 33.2 Å². The van der Waals surface area contributed by atoms with Crippen molar-refractivity contribution in [1.29, 1.82) is 0 Å². The lowest BCUT2D eigenvalue weighted by Crippen LogP contribution is -2.38. The molecular weight excluding hydrogens is 347 g/mol. The molecule has 1 amide bonds. The molecule has 126 valence electrons. The fourth-order valence-electron chi connectivity index (χ4n) is 2.62. The maximum Gasteiger partial charge on any atom is 0.274 e. The van der Waals surface area contributed by atoms with Crippen molar-refractivity contribution in [3.05, 3.63) is 46.3 Å². The van der Waals surface area contributed by atoms with Crippen LogP contribution in [0.1, 0.15) is 30.3 Å². The quantitative estimate of drug-likeness (QED) is 0.876. The minimum Gasteiger partial charge on any atom is -0.337 e. The third kappa shape index (κ3) is 3.79. The number of benzene rings is 1. The first-order valence-corrected chi connectivity index (χ1v) is 8.62. The Morgan fingerprint density at radius 1 is 1.17 bits per heavy atom. The number of para-hydroxylation sites is 1. The van der Waals surface area contributed by atoms with Crippen molar-refractivity contribution < 1.29 is 4.79 Å². The van der Waals surface area contributed by atoms with E-state index in [-0.39, 0.29) is 5.91 Å². The molecule has 0 spiro atoms. The first-order valence-electron chi connectivity index (χ1n) is 7.87. The van der Waals surface area contributed by atoms with Gasteiger partial charge in [-0.2, -0.15) is 0 Å². The van der Waals surface area contributed by atoms with Gasteiger partial charge in [-0.05, 0) is 30.9 Å². The molecule has 0 bridgehead atoms. The van der Waals surface area contributed by atoms with E-state index in [1.54, 1.807) is 18.2 Å². The molecule has 1 saturated heterocycles. The van der Waals surface area contributed by atoms with Crippen LogP contribution in [-0.4, -0.2) is 33.9 Å².